The van der Waals surface area contributed by atoms with Gasteiger partial charge in [0, 0.05) is 13.5 Å². The lowest BCUT2D eigenvalue weighted by Crippen LogP contribution is -2.29. The Labute approximate surface area is 126 Å². The number of carbonyl (C=O) groups excluding carboxylic acids is 1. The van der Waals surface area contributed by atoms with Crippen molar-refractivity contribution in [2.45, 2.75) is 40.5 Å². The quantitative estimate of drug-likeness (QED) is 0.897. The smallest absolute Gasteiger partial charge is 0.337 e. The van der Waals surface area contributed by atoms with Crippen molar-refractivity contribution in [3.8, 4) is 0 Å². The summed E-state index contributed by atoms with van der Waals surface area (Å²) >= 11 is 0. The zero-order chi connectivity index (χ0) is 16.2. The zero-order valence-electron chi connectivity index (χ0n) is 13.5. The first-order chi connectivity index (χ1) is 9.61. The van der Waals surface area contributed by atoms with E-state index in [0.717, 1.165) is 6.42 Å². The fourth-order valence-electron chi connectivity index (χ4n) is 2.63. The van der Waals surface area contributed by atoms with E-state index < -0.39 is 5.97 Å². The van der Waals surface area contributed by atoms with Crippen LogP contribution in [-0.2, 0) is 4.79 Å². The highest BCUT2D eigenvalue weighted by atomic mass is 16.4. The van der Waals surface area contributed by atoms with Gasteiger partial charge in [0.1, 0.15) is 0 Å². The number of carboxylic acid groups (broad SMARTS) is 1. The maximum absolute atomic E-state index is 12.3. The third kappa shape index (κ3) is 5.21. The van der Waals surface area contributed by atoms with E-state index >= 15 is 0 Å². The maximum Gasteiger partial charge on any atom is 0.337 e. The second-order valence-electron chi connectivity index (χ2n) is 6.85. The number of carboxylic acids is 1. The van der Waals surface area contributed by atoms with Gasteiger partial charge in [-0.05, 0) is 29.9 Å². The van der Waals surface area contributed by atoms with Gasteiger partial charge in [0.05, 0.1) is 11.3 Å². The van der Waals surface area contributed by atoms with Crippen molar-refractivity contribution in [1.82, 2.24) is 0 Å². The van der Waals surface area contributed by atoms with Gasteiger partial charge in [0.2, 0.25) is 5.91 Å². The molecule has 0 spiro atoms. The topological polar surface area (TPSA) is 57.6 Å². The van der Waals surface area contributed by atoms with Gasteiger partial charge in [-0.2, -0.15) is 0 Å². The lowest BCUT2D eigenvalue weighted by Gasteiger charge is -2.25. The zero-order valence-corrected chi connectivity index (χ0v) is 13.5. The first-order valence-electron chi connectivity index (χ1n) is 7.20. The average molecular weight is 291 g/mol. The number of para-hydroxylation sites is 1. The maximum atomic E-state index is 12.3. The van der Waals surface area contributed by atoms with Gasteiger partial charge in [-0.1, -0.05) is 39.8 Å². The van der Waals surface area contributed by atoms with E-state index in [-0.39, 0.29) is 22.8 Å². The van der Waals surface area contributed by atoms with Crippen molar-refractivity contribution in [3.05, 3.63) is 29.8 Å². The molecule has 1 rings (SSSR count). The number of anilines is 1. The van der Waals surface area contributed by atoms with Crippen LogP contribution in [0.25, 0.3) is 0 Å². The summed E-state index contributed by atoms with van der Waals surface area (Å²) in [6.45, 7) is 8.51. The minimum absolute atomic E-state index is 0.0551. The summed E-state index contributed by atoms with van der Waals surface area (Å²) in [7, 11) is 1.63. The first kappa shape index (κ1) is 17.2. The molecule has 1 aromatic rings. The second-order valence-corrected chi connectivity index (χ2v) is 6.85. The SMILES string of the molecule is CC(CC(=O)N(C)c1ccccc1C(=O)O)CC(C)(C)C. The fraction of sp³-hybridized carbons (Fsp3) is 0.529. The molecule has 21 heavy (non-hydrogen) atoms. The van der Waals surface area contributed by atoms with E-state index in [9.17, 15) is 14.7 Å². The molecule has 0 fully saturated rings. The number of aromatic carboxylic acids is 1. The molecule has 0 bridgehead atoms. The Balaban J connectivity index is 2.82. The minimum Gasteiger partial charge on any atom is -0.478 e. The molecule has 0 aromatic heterocycles. The molecule has 0 aliphatic heterocycles. The molecule has 116 valence electrons. The summed E-state index contributed by atoms with van der Waals surface area (Å²) in [5.74, 6) is -0.814. The van der Waals surface area contributed by atoms with Crippen molar-refractivity contribution < 1.29 is 14.7 Å². The van der Waals surface area contributed by atoms with Crippen molar-refractivity contribution in [1.29, 1.82) is 0 Å². The molecular weight excluding hydrogens is 266 g/mol. The second kappa shape index (κ2) is 6.74. The Morgan fingerprint density at radius 3 is 2.33 bits per heavy atom. The van der Waals surface area contributed by atoms with E-state index in [1.807, 2.05) is 0 Å². The molecule has 0 aliphatic rings. The van der Waals surface area contributed by atoms with Crippen LogP contribution in [0, 0.1) is 11.3 Å². The molecule has 1 N–H and O–H groups in total. The molecule has 1 amide bonds. The van der Waals surface area contributed by atoms with E-state index in [2.05, 4.69) is 27.7 Å². The van der Waals surface area contributed by atoms with E-state index in [1.165, 1.54) is 11.0 Å². The number of rotatable bonds is 5. The Kier molecular flexibility index (Phi) is 5.53. The van der Waals surface area contributed by atoms with Gasteiger partial charge in [0.25, 0.3) is 0 Å². The number of carbonyl (C=O) groups is 2. The van der Waals surface area contributed by atoms with Crippen LogP contribution in [0.2, 0.25) is 0 Å². The van der Waals surface area contributed by atoms with Gasteiger partial charge in [-0.15, -0.1) is 0 Å². The highest BCUT2D eigenvalue weighted by Crippen LogP contribution is 2.27. The molecule has 1 atom stereocenters. The summed E-state index contributed by atoms with van der Waals surface area (Å²) in [4.78, 5) is 25.0. The Morgan fingerprint density at radius 2 is 1.81 bits per heavy atom. The van der Waals surface area contributed by atoms with Crippen molar-refractivity contribution >= 4 is 17.6 Å². The monoisotopic (exact) mass is 291 g/mol. The standard InChI is InChI=1S/C17H25NO3/c1-12(11-17(2,3)4)10-15(19)18(5)14-9-7-6-8-13(14)16(20)21/h6-9,12H,10-11H2,1-5H3,(H,20,21). The van der Waals surface area contributed by atoms with Crippen LogP contribution in [0.15, 0.2) is 24.3 Å². The highest BCUT2D eigenvalue weighted by molar-refractivity contribution is 6.01. The molecule has 0 saturated carbocycles. The molecule has 0 radical (unpaired) electrons. The van der Waals surface area contributed by atoms with Crippen molar-refractivity contribution in [2.24, 2.45) is 11.3 Å². The van der Waals surface area contributed by atoms with Gasteiger partial charge in [-0.3, -0.25) is 4.79 Å². The van der Waals surface area contributed by atoms with Crippen molar-refractivity contribution in [2.75, 3.05) is 11.9 Å². The van der Waals surface area contributed by atoms with E-state index in [0.29, 0.717) is 12.1 Å². The molecule has 0 heterocycles. The van der Waals surface area contributed by atoms with Crippen LogP contribution in [0.1, 0.15) is 50.9 Å². The summed E-state index contributed by atoms with van der Waals surface area (Å²) < 4.78 is 0. The number of hydrogen-bond acceptors (Lipinski definition) is 2. The molecule has 4 heteroatoms. The van der Waals surface area contributed by atoms with E-state index in [4.69, 9.17) is 0 Å². The number of hydrogen-bond donors (Lipinski definition) is 1. The number of amides is 1. The van der Waals surface area contributed by atoms with Crippen LogP contribution < -0.4 is 4.90 Å². The van der Waals surface area contributed by atoms with Crippen LogP contribution in [0.5, 0.6) is 0 Å². The van der Waals surface area contributed by atoms with Gasteiger partial charge in [-0.25, -0.2) is 4.79 Å². The third-order valence-electron chi connectivity index (χ3n) is 3.35. The summed E-state index contributed by atoms with van der Waals surface area (Å²) in [5, 5.41) is 9.19. The fourth-order valence-corrected chi connectivity index (χ4v) is 2.63. The molecule has 0 aliphatic carbocycles. The van der Waals surface area contributed by atoms with Crippen molar-refractivity contribution in [3.63, 3.8) is 0 Å². The van der Waals surface area contributed by atoms with Gasteiger partial charge < -0.3 is 10.0 Å². The summed E-state index contributed by atoms with van der Waals surface area (Å²) in [6.07, 6.45) is 1.37. The molecular formula is C17H25NO3. The highest BCUT2D eigenvalue weighted by Gasteiger charge is 2.22. The predicted molar refractivity (Wildman–Crippen MR) is 84.7 cm³/mol. The van der Waals surface area contributed by atoms with Crippen LogP contribution in [-0.4, -0.2) is 24.0 Å². The predicted octanol–water partition coefficient (Wildman–Crippen LogP) is 3.81. The van der Waals surface area contributed by atoms with Gasteiger partial charge in [0.15, 0.2) is 0 Å². The Hall–Kier alpha value is -1.84. The summed E-state index contributed by atoms with van der Waals surface area (Å²) in [5.41, 5.74) is 0.770. The third-order valence-corrected chi connectivity index (χ3v) is 3.35. The number of benzene rings is 1. The molecule has 4 nitrogen and oxygen atoms in total. The lowest BCUT2D eigenvalue weighted by atomic mass is 9.84. The van der Waals surface area contributed by atoms with Crippen LogP contribution in [0.4, 0.5) is 5.69 Å². The molecule has 0 saturated heterocycles. The number of nitrogens with zero attached hydrogens (tertiary/aromatic N) is 1. The van der Waals surface area contributed by atoms with Crippen LogP contribution in [0.3, 0.4) is 0 Å². The van der Waals surface area contributed by atoms with E-state index in [1.54, 1.807) is 25.2 Å². The molecule has 1 aromatic carbocycles. The summed E-state index contributed by atoms with van der Waals surface area (Å²) in [6, 6.07) is 6.58. The Bertz CT molecular complexity index is 517. The van der Waals surface area contributed by atoms with Crippen LogP contribution >= 0.6 is 0 Å². The van der Waals surface area contributed by atoms with Gasteiger partial charge >= 0.3 is 5.97 Å². The normalized spacial score (nSPS) is 12.8. The lowest BCUT2D eigenvalue weighted by molar-refractivity contribution is -0.119. The molecule has 1 unspecified atom stereocenters. The first-order valence-corrected chi connectivity index (χ1v) is 7.20. The average Bonchev–Trinajstić information content (AvgIpc) is 2.35. The largest absolute Gasteiger partial charge is 0.478 e. The Morgan fingerprint density at radius 1 is 1.24 bits per heavy atom. The minimum atomic E-state index is -1.02.